The van der Waals surface area contributed by atoms with Gasteiger partial charge in [-0.1, -0.05) is 13.8 Å². The summed E-state index contributed by atoms with van der Waals surface area (Å²) in [5.41, 5.74) is 0. The molecule has 0 radical (unpaired) electrons. The maximum Gasteiger partial charge on any atom is 0.397 e. The van der Waals surface area contributed by atoms with Gasteiger partial charge in [0.1, 0.15) is 0 Å². The Kier molecular flexibility index (Phi) is 6.35. The molecular formula is C9H21NO4S. The largest absolute Gasteiger partial charge is 0.397 e. The molecule has 1 rings (SSSR count). The van der Waals surface area contributed by atoms with Crippen LogP contribution in [0.3, 0.4) is 0 Å². The number of likely N-dealkylation sites (tertiary alicyclic amines) is 1. The van der Waals surface area contributed by atoms with Gasteiger partial charge in [-0.05, 0) is 25.3 Å². The lowest BCUT2D eigenvalue weighted by Crippen LogP contribution is -2.35. The van der Waals surface area contributed by atoms with Crippen LogP contribution in [0.15, 0.2) is 0 Å². The van der Waals surface area contributed by atoms with Crippen LogP contribution in [0.4, 0.5) is 0 Å². The predicted octanol–water partition coefficient (Wildman–Crippen LogP) is 1.03. The lowest BCUT2D eigenvalue weighted by atomic mass is 9.92. The normalized spacial score (nSPS) is 28.1. The second-order valence-electron chi connectivity index (χ2n) is 4.26. The molecule has 5 nitrogen and oxygen atoms in total. The quantitative estimate of drug-likeness (QED) is 0.692. The van der Waals surface area contributed by atoms with E-state index in [1.54, 1.807) is 0 Å². The molecule has 92 valence electrons. The molecule has 1 heterocycles. The van der Waals surface area contributed by atoms with Gasteiger partial charge in [0.05, 0.1) is 7.11 Å². The van der Waals surface area contributed by atoms with E-state index in [-0.39, 0.29) is 0 Å². The Hall–Kier alpha value is -0.170. The number of piperidine rings is 1. The van der Waals surface area contributed by atoms with Crippen LogP contribution in [-0.4, -0.2) is 45.1 Å². The summed E-state index contributed by atoms with van der Waals surface area (Å²) in [6.07, 6.45) is 1.42. The van der Waals surface area contributed by atoms with E-state index in [4.69, 9.17) is 4.55 Å². The number of hydrogen-bond donors (Lipinski definition) is 1. The average molecular weight is 239 g/mol. The molecule has 1 fully saturated rings. The van der Waals surface area contributed by atoms with E-state index >= 15 is 0 Å². The van der Waals surface area contributed by atoms with Gasteiger partial charge in [-0.15, -0.1) is 0 Å². The van der Waals surface area contributed by atoms with E-state index in [1.165, 1.54) is 19.5 Å². The van der Waals surface area contributed by atoms with E-state index in [1.807, 2.05) is 0 Å². The Morgan fingerprint density at radius 3 is 1.80 bits per heavy atom. The Bertz CT molecular complexity index is 240. The molecule has 1 saturated heterocycles. The zero-order valence-corrected chi connectivity index (χ0v) is 10.6. The first kappa shape index (κ1) is 14.8. The summed E-state index contributed by atoms with van der Waals surface area (Å²) in [7, 11) is -1.08. The second kappa shape index (κ2) is 6.42. The highest BCUT2D eigenvalue weighted by atomic mass is 32.3. The Morgan fingerprint density at radius 2 is 1.60 bits per heavy atom. The third-order valence-electron chi connectivity index (χ3n) is 2.26. The Morgan fingerprint density at radius 1 is 1.27 bits per heavy atom. The standard InChI is InChI=1S/C8H17N.CH4O4S/c1-7-4-8(2)6-9(3)5-7;1-5-6(2,3)4/h7-8H,4-6H2,1-3H3;1H3,(H,2,3,4). The molecule has 0 aromatic rings. The van der Waals surface area contributed by atoms with Crippen molar-refractivity contribution in [3.8, 4) is 0 Å². The van der Waals surface area contributed by atoms with E-state index in [9.17, 15) is 8.42 Å². The highest BCUT2D eigenvalue weighted by Gasteiger charge is 2.17. The Balaban J connectivity index is 0.000000288. The maximum absolute atomic E-state index is 9.33. The van der Waals surface area contributed by atoms with Gasteiger partial charge in [0.2, 0.25) is 0 Å². The predicted molar refractivity (Wildman–Crippen MR) is 59.0 cm³/mol. The van der Waals surface area contributed by atoms with Crippen LogP contribution in [0, 0.1) is 11.8 Å². The van der Waals surface area contributed by atoms with Gasteiger partial charge in [0.15, 0.2) is 0 Å². The summed E-state index contributed by atoms with van der Waals surface area (Å²) in [4.78, 5) is 2.43. The van der Waals surface area contributed by atoms with Crippen LogP contribution < -0.4 is 0 Å². The third-order valence-corrected chi connectivity index (χ3v) is 2.68. The molecule has 1 aliphatic rings. The smallest absolute Gasteiger partial charge is 0.306 e. The van der Waals surface area contributed by atoms with Gasteiger partial charge >= 0.3 is 10.4 Å². The highest BCUT2D eigenvalue weighted by Crippen LogP contribution is 2.18. The summed E-state index contributed by atoms with van der Waals surface area (Å²) < 4.78 is 29.7. The lowest BCUT2D eigenvalue weighted by molar-refractivity contribution is 0.171. The molecule has 0 amide bonds. The molecule has 0 bridgehead atoms. The summed E-state index contributed by atoms with van der Waals surface area (Å²) in [5, 5.41) is 0. The number of rotatable bonds is 1. The summed E-state index contributed by atoms with van der Waals surface area (Å²) in [5.74, 6) is 1.83. The monoisotopic (exact) mass is 239 g/mol. The fraction of sp³-hybridized carbons (Fsp3) is 1.00. The third kappa shape index (κ3) is 8.80. The highest BCUT2D eigenvalue weighted by molar-refractivity contribution is 7.80. The fourth-order valence-corrected chi connectivity index (χ4v) is 1.97. The van der Waals surface area contributed by atoms with Crippen molar-refractivity contribution in [2.24, 2.45) is 11.8 Å². The first-order valence-electron chi connectivity index (χ1n) is 4.96. The van der Waals surface area contributed by atoms with Crippen LogP contribution in [0.5, 0.6) is 0 Å². The van der Waals surface area contributed by atoms with Crippen molar-refractivity contribution in [2.75, 3.05) is 27.2 Å². The summed E-state index contributed by atoms with van der Waals surface area (Å²) >= 11 is 0. The minimum atomic E-state index is -4.16. The molecule has 0 saturated carbocycles. The molecular weight excluding hydrogens is 218 g/mol. The molecule has 0 aromatic carbocycles. The van der Waals surface area contributed by atoms with Crippen molar-refractivity contribution in [1.82, 2.24) is 4.90 Å². The molecule has 0 spiro atoms. The van der Waals surface area contributed by atoms with Crippen LogP contribution in [0.1, 0.15) is 20.3 Å². The van der Waals surface area contributed by atoms with Crippen molar-refractivity contribution in [3.63, 3.8) is 0 Å². The lowest BCUT2D eigenvalue weighted by Gasteiger charge is -2.31. The van der Waals surface area contributed by atoms with E-state index in [2.05, 4.69) is 30.0 Å². The molecule has 6 heteroatoms. The molecule has 2 atom stereocenters. The van der Waals surface area contributed by atoms with Gasteiger partial charge in [-0.3, -0.25) is 8.74 Å². The summed E-state index contributed by atoms with van der Waals surface area (Å²) in [6.45, 7) is 7.27. The maximum atomic E-state index is 9.33. The first-order valence-corrected chi connectivity index (χ1v) is 6.32. The fourth-order valence-electron chi connectivity index (χ4n) is 1.97. The van der Waals surface area contributed by atoms with E-state index in [0.717, 1.165) is 18.9 Å². The van der Waals surface area contributed by atoms with Crippen LogP contribution >= 0.6 is 0 Å². The second-order valence-corrected chi connectivity index (χ2v) is 5.45. The van der Waals surface area contributed by atoms with Crippen molar-refractivity contribution in [2.45, 2.75) is 20.3 Å². The molecule has 0 aliphatic carbocycles. The Labute approximate surface area is 92.4 Å². The summed E-state index contributed by atoms with van der Waals surface area (Å²) in [6, 6.07) is 0. The van der Waals surface area contributed by atoms with Gasteiger partial charge in [0.25, 0.3) is 0 Å². The van der Waals surface area contributed by atoms with Gasteiger partial charge < -0.3 is 4.90 Å². The van der Waals surface area contributed by atoms with Crippen LogP contribution in [-0.2, 0) is 14.6 Å². The minimum Gasteiger partial charge on any atom is -0.306 e. The molecule has 15 heavy (non-hydrogen) atoms. The van der Waals surface area contributed by atoms with Gasteiger partial charge in [0, 0.05) is 13.1 Å². The van der Waals surface area contributed by atoms with E-state index < -0.39 is 10.4 Å². The minimum absolute atomic E-state index is 0.870. The zero-order chi connectivity index (χ0) is 12.1. The van der Waals surface area contributed by atoms with Gasteiger partial charge in [-0.2, -0.15) is 8.42 Å². The topological polar surface area (TPSA) is 66.8 Å². The zero-order valence-electron chi connectivity index (χ0n) is 9.80. The first-order chi connectivity index (χ1) is 6.74. The SMILES string of the molecule is CC1CC(C)CN(C)C1.COS(=O)(=O)O. The van der Waals surface area contributed by atoms with Crippen molar-refractivity contribution in [3.05, 3.63) is 0 Å². The molecule has 1 N–H and O–H groups in total. The average Bonchev–Trinajstić information content (AvgIpc) is 2.01. The molecule has 2 unspecified atom stereocenters. The molecule has 0 aromatic heterocycles. The number of hydrogen-bond acceptors (Lipinski definition) is 4. The van der Waals surface area contributed by atoms with Crippen molar-refractivity contribution in [1.29, 1.82) is 0 Å². The number of nitrogens with zero attached hydrogens (tertiary/aromatic N) is 1. The van der Waals surface area contributed by atoms with Crippen LogP contribution in [0.25, 0.3) is 0 Å². The van der Waals surface area contributed by atoms with Crippen molar-refractivity contribution >= 4 is 10.4 Å². The van der Waals surface area contributed by atoms with Crippen LogP contribution in [0.2, 0.25) is 0 Å². The van der Waals surface area contributed by atoms with Gasteiger partial charge in [-0.25, -0.2) is 0 Å². The van der Waals surface area contributed by atoms with Crippen molar-refractivity contribution < 1.29 is 17.2 Å². The molecule has 1 aliphatic heterocycles. The van der Waals surface area contributed by atoms with E-state index in [0.29, 0.717) is 0 Å².